The van der Waals surface area contributed by atoms with E-state index in [9.17, 15) is 19.2 Å². The van der Waals surface area contributed by atoms with Crippen molar-refractivity contribution >= 4 is 40.7 Å². The van der Waals surface area contributed by atoms with E-state index in [0.717, 1.165) is 0 Å². The normalized spacial score (nSPS) is 12.6. The summed E-state index contributed by atoms with van der Waals surface area (Å²) in [5.41, 5.74) is 1.01. The van der Waals surface area contributed by atoms with Gasteiger partial charge < -0.3 is 10.2 Å². The van der Waals surface area contributed by atoms with E-state index in [1.807, 2.05) is 0 Å². The molecule has 0 spiro atoms. The number of carbonyl (C=O) groups is 4. The molecule has 7 nitrogen and oxygen atoms in total. The number of hydrogen-bond acceptors (Lipinski definition) is 6. The average molecular weight is 392 g/mol. The smallest absolute Gasteiger partial charge is 0.324 e. The van der Waals surface area contributed by atoms with Crippen LogP contribution in [0.15, 0.2) is 65.4 Å². The average Bonchev–Trinajstić information content (AvgIpc) is 3.33. The van der Waals surface area contributed by atoms with Crippen molar-refractivity contribution in [1.29, 1.82) is 0 Å². The Labute approximate surface area is 163 Å². The minimum absolute atomic E-state index is 0.0163. The molecule has 3 amide bonds. The van der Waals surface area contributed by atoms with Gasteiger partial charge in [-0.15, -0.1) is 0 Å². The van der Waals surface area contributed by atoms with Crippen LogP contribution in [0.4, 0.5) is 5.69 Å². The fraction of sp³-hybridized carbons (Fsp3) is 0. The summed E-state index contributed by atoms with van der Waals surface area (Å²) in [5.74, 6) is -2.75. The second kappa shape index (κ2) is 7.09. The van der Waals surface area contributed by atoms with Crippen molar-refractivity contribution in [2.24, 2.45) is 0 Å². The fourth-order valence-electron chi connectivity index (χ4n) is 2.74. The highest BCUT2D eigenvalue weighted by atomic mass is 32.1. The summed E-state index contributed by atoms with van der Waals surface area (Å²) in [6, 6.07) is 14.0. The fourth-order valence-corrected chi connectivity index (χ4v) is 3.38. The number of rotatable bonds is 4. The molecule has 8 heteroatoms. The second-order valence-electron chi connectivity index (χ2n) is 5.84. The van der Waals surface area contributed by atoms with Gasteiger partial charge in [-0.25, -0.2) is 4.79 Å². The van der Waals surface area contributed by atoms with Crippen LogP contribution < -0.4 is 5.32 Å². The van der Waals surface area contributed by atoms with Crippen LogP contribution in [0.5, 0.6) is 0 Å². The van der Waals surface area contributed by atoms with Crippen LogP contribution in [0.25, 0.3) is 0 Å². The molecule has 138 valence electrons. The highest BCUT2D eigenvalue weighted by molar-refractivity contribution is 7.08. The zero-order valence-corrected chi connectivity index (χ0v) is 15.1. The van der Waals surface area contributed by atoms with Gasteiger partial charge in [-0.05, 0) is 35.7 Å². The Hall–Kier alpha value is -3.78. The number of benzene rings is 2. The third-order valence-electron chi connectivity index (χ3n) is 4.11. The Balaban J connectivity index is 1.56. The zero-order valence-electron chi connectivity index (χ0n) is 14.2. The van der Waals surface area contributed by atoms with E-state index in [0.29, 0.717) is 10.6 Å². The Morgan fingerprint density at radius 3 is 2.18 bits per heavy atom. The van der Waals surface area contributed by atoms with Crippen molar-refractivity contribution in [3.63, 3.8) is 0 Å². The number of para-hydroxylation sites is 1. The van der Waals surface area contributed by atoms with Crippen molar-refractivity contribution in [2.45, 2.75) is 0 Å². The number of nitrogens with one attached hydrogen (secondary N) is 1. The van der Waals surface area contributed by atoms with Crippen LogP contribution in [0.3, 0.4) is 0 Å². The van der Waals surface area contributed by atoms with E-state index in [-0.39, 0.29) is 28.3 Å². The van der Waals surface area contributed by atoms with E-state index in [1.165, 1.54) is 35.6 Å². The maximum atomic E-state index is 12.6. The molecule has 2 heterocycles. The topological polar surface area (TPSA) is 92.8 Å². The van der Waals surface area contributed by atoms with E-state index in [2.05, 4.69) is 5.32 Å². The Morgan fingerprint density at radius 1 is 0.893 bits per heavy atom. The van der Waals surface area contributed by atoms with Gasteiger partial charge in [0.1, 0.15) is 0 Å². The number of thiophene rings is 1. The largest absolute Gasteiger partial charge is 0.366 e. The Kier molecular flexibility index (Phi) is 4.46. The van der Waals surface area contributed by atoms with Gasteiger partial charge in [-0.1, -0.05) is 29.3 Å². The minimum atomic E-state index is -0.935. The molecule has 0 unspecified atom stereocenters. The lowest BCUT2D eigenvalue weighted by Crippen LogP contribution is -2.33. The van der Waals surface area contributed by atoms with Crippen LogP contribution in [-0.2, 0) is 4.84 Å². The maximum Gasteiger partial charge on any atom is 0.366 e. The third kappa shape index (κ3) is 3.06. The zero-order chi connectivity index (χ0) is 19.7. The van der Waals surface area contributed by atoms with Crippen molar-refractivity contribution in [3.05, 3.63) is 87.6 Å². The molecule has 4 rings (SSSR count). The van der Waals surface area contributed by atoms with Crippen molar-refractivity contribution in [2.75, 3.05) is 5.32 Å². The summed E-state index contributed by atoms with van der Waals surface area (Å²) in [5, 5.41) is 6.51. The van der Waals surface area contributed by atoms with Crippen LogP contribution in [0.2, 0.25) is 0 Å². The standard InChI is InChI=1S/C20H12N2O5S/c23-17(12-9-10-28-11-12)21-16-8-4-3-7-15(16)20(26)27-22-18(24)13-5-1-2-6-14(13)19(22)25/h1-11H,(H,21,23). The lowest BCUT2D eigenvalue weighted by molar-refractivity contribution is -0.0583. The Bertz CT molecular complexity index is 1070. The molecule has 0 atom stereocenters. The summed E-state index contributed by atoms with van der Waals surface area (Å²) in [4.78, 5) is 54.7. The maximum absolute atomic E-state index is 12.6. The minimum Gasteiger partial charge on any atom is -0.324 e. The van der Waals surface area contributed by atoms with Crippen molar-refractivity contribution in [3.8, 4) is 0 Å². The molecule has 0 saturated heterocycles. The molecular weight excluding hydrogens is 380 g/mol. The number of hydrogen-bond donors (Lipinski definition) is 1. The number of fused-ring (bicyclic) bond motifs is 1. The van der Waals surface area contributed by atoms with Crippen LogP contribution in [0.1, 0.15) is 41.4 Å². The summed E-state index contributed by atoms with van der Waals surface area (Å²) in [7, 11) is 0. The predicted molar refractivity (Wildman–Crippen MR) is 101 cm³/mol. The second-order valence-corrected chi connectivity index (χ2v) is 6.62. The van der Waals surface area contributed by atoms with Crippen molar-refractivity contribution < 1.29 is 24.0 Å². The predicted octanol–water partition coefficient (Wildman–Crippen LogP) is 3.37. The molecule has 3 aromatic rings. The summed E-state index contributed by atoms with van der Waals surface area (Å²) >= 11 is 1.37. The number of nitrogens with zero attached hydrogens (tertiary/aromatic N) is 1. The molecule has 0 saturated carbocycles. The number of hydroxylamine groups is 2. The molecular formula is C20H12N2O5S. The van der Waals surface area contributed by atoms with Gasteiger partial charge in [0.25, 0.3) is 17.7 Å². The number of anilines is 1. The van der Waals surface area contributed by atoms with Gasteiger partial charge in [0.15, 0.2) is 0 Å². The van der Waals surface area contributed by atoms with Crippen LogP contribution >= 0.6 is 11.3 Å². The first kappa shape index (κ1) is 17.6. The first-order valence-corrected chi connectivity index (χ1v) is 9.13. The van der Waals surface area contributed by atoms with Gasteiger partial charge in [-0.3, -0.25) is 14.4 Å². The lowest BCUT2D eigenvalue weighted by atomic mass is 10.1. The molecule has 1 aromatic heterocycles. The van der Waals surface area contributed by atoms with Gasteiger partial charge in [0.05, 0.1) is 27.9 Å². The van der Waals surface area contributed by atoms with E-state index in [4.69, 9.17) is 4.84 Å². The van der Waals surface area contributed by atoms with Gasteiger partial charge in [-0.2, -0.15) is 11.3 Å². The Morgan fingerprint density at radius 2 is 1.54 bits per heavy atom. The van der Waals surface area contributed by atoms with E-state index >= 15 is 0 Å². The molecule has 0 aliphatic carbocycles. The molecule has 1 aliphatic rings. The summed E-state index contributed by atoms with van der Waals surface area (Å²) in [6.07, 6.45) is 0. The molecule has 0 radical (unpaired) electrons. The highest BCUT2D eigenvalue weighted by Gasteiger charge is 2.39. The lowest BCUT2D eigenvalue weighted by Gasteiger charge is -2.14. The van der Waals surface area contributed by atoms with Gasteiger partial charge in [0, 0.05) is 5.38 Å². The first-order valence-electron chi connectivity index (χ1n) is 8.19. The van der Waals surface area contributed by atoms with E-state index in [1.54, 1.807) is 41.1 Å². The molecule has 1 aliphatic heterocycles. The van der Waals surface area contributed by atoms with Crippen LogP contribution in [0, 0.1) is 0 Å². The quantitative estimate of drug-likeness (QED) is 0.687. The number of carbonyl (C=O) groups excluding carboxylic acids is 4. The molecule has 0 bridgehead atoms. The number of amides is 3. The van der Waals surface area contributed by atoms with Gasteiger partial charge in [0.2, 0.25) is 0 Å². The highest BCUT2D eigenvalue weighted by Crippen LogP contribution is 2.25. The SMILES string of the molecule is O=C(Nc1ccccc1C(=O)ON1C(=O)c2ccccc2C1=O)c1ccsc1. The summed E-state index contributed by atoms with van der Waals surface area (Å²) in [6.45, 7) is 0. The molecule has 28 heavy (non-hydrogen) atoms. The first-order chi connectivity index (χ1) is 13.6. The van der Waals surface area contributed by atoms with E-state index < -0.39 is 17.8 Å². The molecule has 0 fully saturated rings. The van der Waals surface area contributed by atoms with Gasteiger partial charge >= 0.3 is 5.97 Å². The van der Waals surface area contributed by atoms with Crippen LogP contribution in [-0.4, -0.2) is 28.8 Å². The molecule has 1 N–H and O–H groups in total. The monoisotopic (exact) mass is 392 g/mol. The summed E-state index contributed by atoms with van der Waals surface area (Å²) < 4.78 is 0. The van der Waals surface area contributed by atoms with Crippen molar-refractivity contribution in [1.82, 2.24) is 5.06 Å². The number of imide groups is 1. The molecule has 2 aromatic carbocycles. The third-order valence-corrected chi connectivity index (χ3v) is 4.79.